The smallest absolute Gasteiger partial charge is 0.200 e. The van der Waals surface area contributed by atoms with E-state index in [1.165, 1.54) is 11.3 Å². The highest BCUT2D eigenvalue weighted by Crippen LogP contribution is 2.04. The molecule has 0 saturated heterocycles. The number of pyridine rings is 1. The van der Waals surface area contributed by atoms with Crippen LogP contribution in [0.3, 0.4) is 0 Å². The van der Waals surface area contributed by atoms with Gasteiger partial charge in [-0.15, -0.1) is 0 Å². The van der Waals surface area contributed by atoms with Crippen LogP contribution in [0.15, 0.2) is 24.4 Å². The lowest BCUT2D eigenvalue weighted by atomic mass is 10.2. The summed E-state index contributed by atoms with van der Waals surface area (Å²) < 4.78 is 34.8. The number of aryl methyl sites for hydroxylation is 3. The van der Waals surface area contributed by atoms with Crippen molar-refractivity contribution in [1.82, 2.24) is 4.98 Å². The van der Waals surface area contributed by atoms with Gasteiger partial charge in [0.25, 0.3) is 0 Å². The maximum atomic E-state index is 8.60. The van der Waals surface area contributed by atoms with Gasteiger partial charge in [0.05, 0.1) is 21.1 Å². The van der Waals surface area contributed by atoms with Crippen molar-refractivity contribution in [3.63, 3.8) is 0 Å². The van der Waals surface area contributed by atoms with Crippen LogP contribution in [0, 0.1) is 31.0 Å². The van der Waals surface area contributed by atoms with E-state index in [2.05, 4.69) is 35.4 Å². The molecule has 0 bridgehead atoms. The van der Waals surface area contributed by atoms with Gasteiger partial charge in [-0.25, -0.2) is 4.40 Å². The van der Waals surface area contributed by atoms with Crippen LogP contribution in [0.2, 0.25) is 0 Å². The van der Waals surface area contributed by atoms with Crippen LogP contribution in [0.25, 0.3) is 5.65 Å². The molecule has 0 atom stereocenters. The molecule has 2 heterocycles. The van der Waals surface area contributed by atoms with Gasteiger partial charge in [-0.1, -0.05) is 0 Å². The van der Waals surface area contributed by atoms with Crippen LogP contribution in [-0.4, -0.2) is 9.64 Å². The lowest BCUT2D eigenvalue weighted by Gasteiger charge is -2.03. The minimum atomic E-state index is -4.69. The van der Waals surface area contributed by atoms with Crippen LogP contribution in [0.4, 0.5) is 0 Å². The minimum Gasteiger partial charge on any atom is -0.200 e. The number of rotatable bonds is 0. The van der Waals surface area contributed by atoms with Crippen molar-refractivity contribution in [2.24, 2.45) is 0 Å². The van der Waals surface area contributed by atoms with E-state index in [4.69, 9.17) is 18.6 Å². The molecule has 2 aromatic rings. The summed E-state index contributed by atoms with van der Waals surface area (Å²) in [6.45, 7) is 6.21. The molecule has 1 N–H and O–H groups in total. The third-order valence-electron chi connectivity index (χ3n) is 2.24. The monoisotopic (exact) mass is 273 g/mol. The van der Waals surface area contributed by atoms with Gasteiger partial charge in [-0.3, -0.25) is 0 Å². The molecule has 0 saturated carbocycles. The van der Waals surface area contributed by atoms with Crippen LogP contribution in [0.1, 0.15) is 17.0 Å². The summed E-state index contributed by atoms with van der Waals surface area (Å²) in [6.07, 6.45) is 2.05. The van der Waals surface area contributed by atoms with Crippen molar-refractivity contribution >= 4 is 5.65 Å². The molecule has 0 fully saturated rings. The molecule has 0 radical (unpaired) electrons. The van der Waals surface area contributed by atoms with Crippen molar-refractivity contribution in [2.45, 2.75) is 20.8 Å². The van der Waals surface area contributed by atoms with E-state index in [1.807, 2.05) is 19.2 Å². The standard InChI is InChI=1S/C11H13N2.ClHO4/c1-8-5-4-6-13-10(3)7-9(2)12-11(8)13;2-1(3,4)5/h4-7H,1-3H3;(H,2,3,4,5)/q+1;. The Morgan fingerprint density at radius 1 is 1.22 bits per heavy atom. The summed E-state index contributed by atoms with van der Waals surface area (Å²) in [7, 11) is -4.69. The Morgan fingerprint density at radius 2 is 1.78 bits per heavy atom. The highest BCUT2D eigenvalue weighted by molar-refractivity contribution is 5.39. The van der Waals surface area contributed by atoms with E-state index >= 15 is 0 Å². The summed E-state index contributed by atoms with van der Waals surface area (Å²) in [4.78, 5) is 4.50. The summed E-state index contributed by atoms with van der Waals surface area (Å²) in [6, 6.07) is 6.22. The predicted octanol–water partition coefficient (Wildman–Crippen LogP) is -2.38. The molecule has 18 heavy (non-hydrogen) atoms. The third-order valence-corrected chi connectivity index (χ3v) is 2.24. The molecular formula is C11H14ClN2O4+. The van der Waals surface area contributed by atoms with Crippen molar-refractivity contribution in [3.8, 4) is 0 Å². The van der Waals surface area contributed by atoms with E-state index < -0.39 is 10.2 Å². The SMILES string of the molecule is Cc1cc(C)[n+]2cccc(C)c2n1.[O-][Cl+3]([O-])([O-])O. The van der Waals surface area contributed by atoms with E-state index in [-0.39, 0.29) is 0 Å². The second-order valence-electron chi connectivity index (χ2n) is 3.82. The fourth-order valence-corrected chi connectivity index (χ4v) is 1.61. The molecule has 7 heteroatoms. The first-order valence-corrected chi connectivity index (χ1v) is 6.33. The Balaban J connectivity index is 0.000000280. The molecule has 0 aliphatic heterocycles. The molecule has 2 aromatic heterocycles. The van der Waals surface area contributed by atoms with Gasteiger partial charge in [-0.2, -0.15) is 14.0 Å². The summed E-state index contributed by atoms with van der Waals surface area (Å²) in [5.74, 6) is 0. The van der Waals surface area contributed by atoms with Crippen LogP contribution >= 0.6 is 0 Å². The van der Waals surface area contributed by atoms with Crippen molar-refractivity contribution < 1.29 is 33.3 Å². The van der Waals surface area contributed by atoms with Crippen molar-refractivity contribution in [2.75, 3.05) is 0 Å². The average Bonchev–Trinajstić information content (AvgIpc) is 2.17. The molecule has 0 aliphatic carbocycles. The van der Waals surface area contributed by atoms with Gasteiger partial charge in [0.15, 0.2) is 5.69 Å². The molecule has 0 spiro atoms. The van der Waals surface area contributed by atoms with Gasteiger partial charge in [0, 0.05) is 18.6 Å². The Morgan fingerprint density at radius 3 is 2.33 bits per heavy atom. The normalized spacial score (nSPS) is 11.1. The summed E-state index contributed by atoms with van der Waals surface area (Å²) in [5.41, 5.74) is 4.58. The highest BCUT2D eigenvalue weighted by Gasteiger charge is 2.10. The average molecular weight is 274 g/mol. The maximum Gasteiger partial charge on any atom is 0.330 e. The first kappa shape index (κ1) is 14.7. The lowest BCUT2D eigenvalue weighted by Crippen LogP contribution is -2.58. The molecular weight excluding hydrogens is 260 g/mol. The number of hydrogen-bond donors (Lipinski definition) is 1. The number of hydrogen-bond acceptors (Lipinski definition) is 5. The topological polar surface area (TPSA) is 106 Å². The Bertz CT molecular complexity index is 548. The maximum absolute atomic E-state index is 8.60. The van der Waals surface area contributed by atoms with E-state index in [0.29, 0.717) is 0 Å². The fourth-order valence-electron chi connectivity index (χ4n) is 1.61. The van der Waals surface area contributed by atoms with Gasteiger partial charge in [0.2, 0.25) is 0 Å². The predicted molar refractivity (Wildman–Crippen MR) is 53.8 cm³/mol. The van der Waals surface area contributed by atoms with Gasteiger partial charge < -0.3 is 0 Å². The molecule has 6 nitrogen and oxygen atoms in total. The number of fused-ring (bicyclic) bond motifs is 1. The Kier molecular flexibility index (Phi) is 4.55. The second-order valence-corrected chi connectivity index (χ2v) is 4.61. The molecule has 0 amide bonds. The zero-order chi connectivity index (χ0) is 13.9. The Hall–Kier alpha value is -1.31. The van der Waals surface area contributed by atoms with Gasteiger partial charge in [0.1, 0.15) is 5.69 Å². The highest BCUT2D eigenvalue weighted by atomic mass is 35.7. The molecule has 0 aliphatic rings. The minimum absolute atomic E-state index is 1.06. The number of nitrogens with zero attached hydrogens (tertiary/aromatic N) is 2. The van der Waals surface area contributed by atoms with E-state index in [1.54, 1.807) is 0 Å². The zero-order valence-electron chi connectivity index (χ0n) is 10.3. The quantitative estimate of drug-likeness (QED) is 0.540. The second kappa shape index (κ2) is 5.55. The fraction of sp³-hybridized carbons (Fsp3) is 0.273. The van der Waals surface area contributed by atoms with E-state index in [0.717, 1.165) is 11.3 Å². The first-order valence-electron chi connectivity index (χ1n) is 5.07. The third kappa shape index (κ3) is 4.52. The molecule has 0 unspecified atom stereocenters. The van der Waals surface area contributed by atoms with Crippen LogP contribution in [0.5, 0.6) is 0 Å². The van der Waals surface area contributed by atoms with Gasteiger partial charge in [-0.05, 0) is 31.0 Å². The van der Waals surface area contributed by atoms with Crippen molar-refractivity contribution in [1.29, 1.82) is 0 Å². The van der Waals surface area contributed by atoms with Gasteiger partial charge >= 0.3 is 5.65 Å². The lowest BCUT2D eigenvalue weighted by molar-refractivity contribution is -1.92. The molecule has 0 aromatic carbocycles. The molecule has 2 rings (SSSR count). The largest absolute Gasteiger partial charge is 0.330 e. The number of halogens is 1. The van der Waals surface area contributed by atoms with Crippen LogP contribution in [-0.2, 0) is 0 Å². The van der Waals surface area contributed by atoms with E-state index in [9.17, 15) is 0 Å². The Labute approximate surface area is 107 Å². The van der Waals surface area contributed by atoms with Crippen molar-refractivity contribution in [3.05, 3.63) is 41.3 Å². The first-order chi connectivity index (χ1) is 8.18. The number of aromatic nitrogens is 2. The zero-order valence-corrected chi connectivity index (χ0v) is 11.0. The summed E-state index contributed by atoms with van der Waals surface area (Å²) >= 11 is 0. The molecule has 98 valence electrons. The summed E-state index contributed by atoms with van der Waals surface area (Å²) in [5, 5.41) is 0. The van der Waals surface area contributed by atoms with Crippen LogP contribution < -0.4 is 18.4 Å².